The summed E-state index contributed by atoms with van der Waals surface area (Å²) in [7, 11) is 0. The van der Waals surface area contributed by atoms with Crippen molar-refractivity contribution in [2.24, 2.45) is 0 Å². The molecule has 5 heteroatoms. The second kappa shape index (κ2) is 8.04. The number of aliphatic hydroxyl groups excluding tert-OH is 1. The smallest absolute Gasteiger partial charge is 0.226 e. The Bertz CT molecular complexity index is 760. The molecule has 2 heterocycles. The Balaban J connectivity index is 1.62. The van der Waals surface area contributed by atoms with Gasteiger partial charge in [-0.05, 0) is 39.2 Å². The Morgan fingerprint density at radius 1 is 1.31 bits per heavy atom. The molecule has 1 aromatic carbocycles. The minimum absolute atomic E-state index is 0.0356. The zero-order valence-corrected chi connectivity index (χ0v) is 16.0. The molecule has 140 valence electrons. The molecule has 3 rings (SSSR count). The van der Waals surface area contributed by atoms with Crippen molar-refractivity contribution in [3.8, 4) is 0 Å². The van der Waals surface area contributed by atoms with Gasteiger partial charge >= 0.3 is 0 Å². The first-order valence-corrected chi connectivity index (χ1v) is 9.47. The lowest BCUT2D eigenvalue weighted by Crippen LogP contribution is -2.39. The molecule has 2 aromatic rings. The minimum atomic E-state index is 0.0356. The molecule has 1 amide bonds. The van der Waals surface area contributed by atoms with E-state index in [-0.39, 0.29) is 18.6 Å². The van der Waals surface area contributed by atoms with Crippen LogP contribution < -0.4 is 0 Å². The third-order valence-corrected chi connectivity index (χ3v) is 5.37. The van der Waals surface area contributed by atoms with Gasteiger partial charge in [0.25, 0.3) is 0 Å². The van der Waals surface area contributed by atoms with E-state index in [1.807, 2.05) is 37.1 Å². The molecule has 1 atom stereocenters. The molecule has 0 bridgehead atoms. The monoisotopic (exact) mass is 355 g/mol. The summed E-state index contributed by atoms with van der Waals surface area (Å²) in [6.45, 7) is 7.75. The highest BCUT2D eigenvalue weighted by Crippen LogP contribution is 2.30. The maximum atomic E-state index is 12.6. The predicted octanol–water partition coefficient (Wildman–Crippen LogP) is 3.00. The molecule has 5 nitrogen and oxygen atoms in total. The molecule has 1 aromatic heterocycles. The topological polar surface area (TPSA) is 58.4 Å². The highest BCUT2D eigenvalue weighted by atomic mass is 16.3. The lowest BCUT2D eigenvalue weighted by molar-refractivity contribution is -0.131. The van der Waals surface area contributed by atoms with E-state index < -0.39 is 0 Å². The number of benzene rings is 1. The number of hydrogen-bond donors (Lipinski definition) is 1. The van der Waals surface area contributed by atoms with Crippen LogP contribution in [0.25, 0.3) is 0 Å². The number of nitrogens with zero attached hydrogens (tertiary/aromatic N) is 3. The van der Waals surface area contributed by atoms with Crippen molar-refractivity contribution in [1.82, 2.24) is 14.5 Å². The van der Waals surface area contributed by atoms with Crippen LogP contribution in [0.15, 0.2) is 30.5 Å². The van der Waals surface area contributed by atoms with Crippen LogP contribution in [0.2, 0.25) is 0 Å². The van der Waals surface area contributed by atoms with Gasteiger partial charge in [0.15, 0.2) is 0 Å². The summed E-state index contributed by atoms with van der Waals surface area (Å²) < 4.78 is 2.15. The number of carbonyl (C=O) groups is 1. The standard InChI is InChI=1S/C21H29N3O2/c1-15-5-4-6-18(11-15)12-20(26)23-9-7-19(8-10-23)21-22-13-16(2)24(21)17(3)14-25/h4-6,11,13,17,19,25H,7-10,12,14H2,1-3H3/t17-/m1/s1. The summed E-state index contributed by atoms with van der Waals surface area (Å²) in [6, 6.07) is 8.20. The summed E-state index contributed by atoms with van der Waals surface area (Å²) in [5.74, 6) is 1.60. The Kier molecular flexibility index (Phi) is 5.77. The fourth-order valence-corrected chi connectivity index (χ4v) is 3.92. The number of likely N-dealkylation sites (tertiary alicyclic amines) is 1. The van der Waals surface area contributed by atoms with Crippen LogP contribution in [0.1, 0.15) is 54.4 Å². The number of aryl methyl sites for hydroxylation is 2. The van der Waals surface area contributed by atoms with E-state index in [9.17, 15) is 9.90 Å². The van der Waals surface area contributed by atoms with Crippen molar-refractivity contribution in [2.45, 2.75) is 52.0 Å². The zero-order valence-electron chi connectivity index (χ0n) is 16.0. The molecule has 26 heavy (non-hydrogen) atoms. The zero-order chi connectivity index (χ0) is 18.7. The number of rotatable bonds is 5. The number of imidazole rings is 1. The third-order valence-electron chi connectivity index (χ3n) is 5.37. The van der Waals surface area contributed by atoms with Crippen molar-refractivity contribution < 1.29 is 9.90 Å². The van der Waals surface area contributed by atoms with Gasteiger partial charge in [-0.2, -0.15) is 0 Å². The predicted molar refractivity (Wildman–Crippen MR) is 102 cm³/mol. The second-order valence-corrected chi connectivity index (χ2v) is 7.48. The molecule has 1 fully saturated rings. The Hall–Kier alpha value is -2.14. The van der Waals surface area contributed by atoms with Gasteiger partial charge in [0.1, 0.15) is 5.82 Å². The summed E-state index contributed by atoms with van der Waals surface area (Å²) in [4.78, 5) is 19.2. The Morgan fingerprint density at radius 2 is 2.04 bits per heavy atom. The third kappa shape index (κ3) is 3.98. The van der Waals surface area contributed by atoms with Crippen LogP contribution in [0, 0.1) is 13.8 Å². The SMILES string of the molecule is Cc1cccc(CC(=O)N2CCC(c3ncc(C)n3[C@H](C)CO)CC2)c1. The molecule has 0 unspecified atom stereocenters. The maximum absolute atomic E-state index is 12.6. The first kappa shape index (κ1) is 18.6. The molecule has 1 saturated heterocycles. The molecular formula is C21H29N3O2. The highest BCUT2D eigenvalue weighted by Gasteiger charge is 2.28. The van der Waals surface area contributed by atoms with Crippen molar-refractivity contribution >= 4 is 5.91 Å². The maximum Gasteiger partial charge on any atom is 0.226 e. The second-order valence-electron chi connectivity index (χ2n) is 7.48. The average Bonchev–Trinajstić information content (AvgIpc) is 3.02. The van der Waals surface area contributed by atoms with Crippen LogP contribution in [-0.4, -0.2) is 45.2 Å². The van der Waals surface area contributed by atoms with Gasteiger partial charge in [0.05, 0.1) is 19.1 Å². The highest BCUT2D eigenvalue weighted by molar-refractivity contribution is 5.78. The Labute approximate surface area is 155 Å². The number of amides is 1. The quantitative estimate of drug-likeness (QED) is 0.897. The van der Waals surface area contributed by atoms with Gasteiger partial charge in [-0.1, -0.05) is 29.8 Å². The summed E-state index contributed by atoms with van der Waals surface area (Å²) in [6.07, 6.45) is 4.21. The van der Waals surface area contributed by atoms with Crippen LogP contribution in [-0.2, 0) is 11.2 Å². The van der Waals surface area contributed by atoms with Crippen LogP contribution >= 0.6 is 0 Å². The van der Waals surface area contributed by atoms with Gasteiger partial charge < -0.3 is 14.6 Å². The molecule has 1 aliphatic rings. The number of aliphatic hydroxyl groups is 1. The molecule has 1 aliphatic heterocycles. The van der Waals surface area contributed by atoms with Crippen LogP contribution in [0.5, 0.6) is 0 Å². The first-order valence-electron chi connectivity index (χ1n) is 9.47. The minimum Gasteiger partial charge on any atom is -0.394 e. The van der Waals surface area contributed by atoms with Gasteiger partial charge in [-0.15, -0.1) is 0 Å². The first-order chi connectivity index (χ1) is 12.5. The van der Waals surface area contributed by atoms with Gasteiger partial charge in [-0.3, -0.25) is 4.79 Å². The van der Waals surface area contributed by atoms with E-state index in [1.54, 1.807) is 0 Å². The lowest BCUT2D eigenvalue weighted by atomic mass is 9.95. The summed E-state index contributed by atoms with van der Waals surface area (Å²) in [5.41, 5.74) is 3.36. The molecule has 0 spiro atoms. The molecule has 1 N–H and O–H groups in total. The fourth-order valence-electron chi connectivity index (χ4n) is 3.92. The molecule has 0 saturated carbocycles. The summed E-state index contributed by atoms with van der Waals surface area (Å²) >= 11 is 0. The average molecular weight is 355 g/mol. The normalized spacial score (nSPS) is 16.7. The van der Waals surface area contributed by atoms with Crippen molar-refractivity contribution in [3.05, 3.63) is 53.1 Å². The molecule has 0 aliphatic carbocycles. The van der Waals surface area contributed by atoms with E-state index in [1.165, 1.54) is 5.56 Å². The number of piperidine rings is 1. The van der Waals surface area contributed by atoms with E-state index in [0.29, 0.717) is 12.3 Å². The fraction of sp³-hybridized carbons (Fsp3) is 0.524. The van der Waals surface area contributed by atoms with Gasteiger partial charge in [0.2, 0.25) is 5.91 Å². The number of aromatic nitrogens is 2. The summed E-state index contributed by atoms with van der Waals surface area (Å²) in [5, 5.41) is 9.53. The van der Waals surface area contributed by atoms with Crippen LogP contribution in [0.3, 0.4) is 0 Å². The van der Waals surface area contributed by atoms with E-state index in [4.69, 9.17) is 0 Å². The molecular weight excluding hydrogens is 326 g/mol. The van der Waals surface area contributed by atoms with E-state index >= 15 is 0 Å². The number of hydrogen-bond acceptors (Lipinski definition) is 3. The van der Waals surface area contributed by atoms with E-state index in [2.05, 4.69) is 28.6 Å². The van der Waals surface area contributed by atoms with Crippen LogP contribution in [0.4, 0.5) is 0 Å². The number of carbonyl (C=O) groups excluding carboxylic acids is 1. The van der Waals surface area contributed by atoms with Gasteiger partial charge in [-0.25, -0.2) is 4.98 Å². The molecule has 0 radical (unpaired) electrons. The van der Waals surface area contributed by atoms with Crippen molar-refractivity contribution in [3.63, 3.8) is 0 Å². The van der Waals surface area contributed by atoms with Gasteiger partial charge in [0, 0.05) is 30.9 Å². The Morgan fingerprint density at radius 3 is 2.69 bits per heavy atom. The largest absolute Gasteiger partial charge is 0.394 e. The van der Waals surface area contributed by atoms with E-state index in [0.717, 1.165) is 43.0 Å². The lowest BCUT2D eigenvalue weighted by Gasteiger charge is -2.32. The van der Waals surface area contributed by atoms with Crippen molar-refractivity contribution in [2.75, 3.05) is 19.7 Å². The van der Waals surface area contributed by atoms with Crippen molar-refractivity contribution in [1.29, 1.82) is 0 Å².